The van der Waals surface area contributed by atoms with E-state index in [-0.39, 0.29) is 17.1 Å². The van der Waals surface area contributed by atoms with Crippen LogP contribution < -0.4 is 5.32 Å². The van der Waals surface area contributed by atoms with Gasteiger partial charge < -0.3 is 10.4 Å². The van der Waals surface area contributed by atoms with Crippen molar-refractivity contribution in [1.29, 1.82) is 0 Å². The lowest BCUT2D eigenvalue weighted by Crippen LogP contribution is -2.45. The molecule has 3 rings (SSSR count). The van der Waals surface area contributed by atoms with Crippen molar-refractivity contribution in [2.24, 2.45) is 0 Å². The van der Waals surface area contributed by atoms with Gasteiger partial charge in [-0.05, 0) is 78.6 Å². The summed E-state index contributed by atoms with van der Waals surface area (Å²) in [5, 5.41) is 16.8. The minimum Gasteiger partial charge on any atom is -0.393 e. The van der Waals surface area contributed by atoms with Crippen molar-refractivity contribution < 1.29 is 5.11 Å². The topological polar surface area (TPSA) is 32.3 Å². The molecule has 1 heterocycles. The number of nitrogens with one attached hydrogen (secondary N) is 1. The Morgan fingerprint density at radius 2 is 1.84 bits per heavy atom. The average Bonchev–Trinajstić information content (AvgIpc) is 3.20. The molecular formula is C28H43NOS. The summed E-state index contributed by atoms with van der Waals surface area (Å²) in [6.45, 7) is 10.0. The van der Waals surface area contributed by atoms with Crippen LogP contribution in [0.4, 0.5) is 0 Å². The second-order valence-corrected chi connectivity index (χ2v) is 11.5. The molecule has 172 valence electrons. The van der Waals surface area contributed by atoms with E-state index in [0.717, 1.165) is 32.2 Å². The molecule has 1 aliphatic carbocycles. The van der Waals surface area contributed by atoms with Crippen molar-refractivity contribution in [3.63, 3.8) is 0 Å². The highest BCUT2D eigenvalue weighted by Gasteiger charge is 2.34. The number of aliphatic hydroxyl groups excluding tert-OH is 1. The van der Waals surface area contributed by atoms with Crippen LogP contribution in [0, 0.1) is 0 Å². The fourth-order valence-corrected chi connectivity index (χ4v) is 5.96. The summed E-state index contributed by atoms with van der Waals surface area (Å²) in [7, 11) is 0. The van der Waals surface area contributed by atoms with E-state index in [2.05, 4.69) is 68.7 Å². The normalized spacial score (nSPS) is 17.6. The standard InChI is InChI=1S/C28H43NOS/c1-5-10-22-16-20-31-26(22)14-13-25(30)15-19-29-28(17-7-6-8-18-28)24-12-9-11-23(21-24)27(2,3)4/h9,11-12,16,20-21,25,29-30H,5-8,10,13-15,17-19H2,1-4H3. The highest BCUT2D eigenvalue weighted by molar-refractivity contribution is 7.10. The van der Waals surface area contributed by atoms with E-state index in [9.17, 15) is 5.11 Å². The monoisotopic (exact) mass is 441 g/mol. The molecule has 0 aliphatic heterocycles. The van der Waals surface area contributed by atoms with Gasteiger partial charge in [0.2, 0.25) is 0 Å². The van der Waals surface area contributed by atoms with Crippen LogP contribution >= 0.6 is 11.3 Å². The summed E-state index contributed by atoms with van der Waals surface area (Å²) in [5.41, 5.74) is 4.58. The Balaban J connectivity index is 1.58. The number of hydrogen-bond donors (Lipinski definition) is 2. The maximum Gasteiger partial charge on any atom is 0.0555 e. The van der Waals surface area contributed by atoms with Gasteiger partial charge in [-0.25, -0.2) is 0 Å². The first-order chi connectivity index (χ1) is 14.8. The predicted molar refractivity (Wildman–Crippen MR) is 135 cm³/mol. The van der Waals surface area contributed by atoms with Gasteiger partial charge in [-0.1, -0.05) is 77.6 Å². The minimum absolute atomic E-state index is 0.0707. The fraction of sp³-hybridized carbons (Fsp3) is 0.643. The number of thiophene rings is 1. The molecule has 1 aromatic carbocycles. The predicted octanol–water partition coefficient (Wildman–Crippen LogP) is 7.13. The van der Waals surface area contributed by atoms with Crippen LogP contribution in [-0.4, -0.2) is 17.8 Å². The molecule has 0 radical (unpaired) electrons. The molecule has 0 saturated heterocycles. The smallest absolute Gasteiger partial charge is 0.0555 e. The number of rotatable bonds is 10. The van der Waals surface area contributed by atoms with Gasteiger partial charge in [0.25, 0.3) is 0 Å². The van der Waals surface area contributed by atoms with Crippen LogP contribution in [0.15, 0.2) is 35.7 Å². The van der Waals surface area contributed by atoms with E-state index in [0.29, 0.717) is 0 Å². The highest BCUT2D eigenvalue weighted by atomic mass is 32.1. The lowest BCUT2D eigenvalue weighted by atomic mass is 9.74. The fourth-order valence-electron chi connectivity index (χ4n) is 5.00. The zero-order valence-electron chi connectivity index (χ0n) is 20.2. The van der Waals surface area contributed by atoms with Crippen LogP contribution in [0.1, 0.15) is 101 Å². The Bertz CT molecular complexity index is 797. The largest absolute Gasteiger partial charge is 0.393 e. The Hall–Kier alpha value is -1.16. The molecule has 2 nitrogen and oxygen atoms in total. The van der Waals surface area contributed by atoms with E-state index in [4.69, 9.17) is 0 Å². The lowest BCUT2D eigenvalue weighted by Gasteiger charge is -2.40. The van der Waals surface area contributed by atoms with Crippen molar-refractivity contribution >= 4 is 11.3 Å². The molecule has 1 fully saturated rings. The van der Waals surface area contributed by atoms with Gasteiger partial charge in [0.05, 0.1) is 6.10 Å². The summed E-state index contributed by atoms with van der Waals surface area (Å²) in [4.78, 5) is 1.47. The van der Waals surface area contributed by atoms with Crippen molar-refractivity contribution in [2.45, 2.75) is 109 Å². The third kappa shape index (κ3) is 6.66. The van der Waals surface area contributed by atoms with Gasteiger partial charge in [0.15, 0.2) is 0 Å². The summed E-state index contributed by atoms with van der Waals surface area (Å²) < 4.78 is 0. The number of benzene rings is 1. The van der Waals surface area contributed by atoms with Crippen molar-refractivity contribution in [2.75, 3.05) is 6.54 Å². The Morgan fingerprint density at radius 3 is 2.55 bits per heavy atom. The van der Waals surface area contributed by atoms with E-state index < -0.39 is 0 Å². The molecule has 1 atom stereocenters. The van der Waals surface area contributed by atoms with Crippen molar-refractivity contribution in [3.8, 4) is 0 Å². The third-order valence-electron chi connectivity index (χ3n) is 6.99. The number of aliphatic hydroxyl groups is 1. The molecule has 0 amide bonds. The second-order valence-electron chi connectivity index (χ2n) is 10.5. The number of aryl methyl sites for hydroxylation is 2. The first kappa shape index (κ1) is 24.5. The summed E-state index contributed by atoms with van der Waals surface area (Å²) in [6, 6.07) is 11.5. The molecule has 2 aromatic rings. The Labute approximate surface area is 194 Å². The van der Waals surface area contributed by atoms with Gasteiger partial charge in [0.1, 0.15) is 0 Å². The van der Waals surface area contributed by atoms with E-state index in [1.54, 1.807) is 0 Å². The molecule has 3 heteroatoms. The quantitative estimate of drug-likeness (QED) is 0.411. The molecule has 1 saturated carbocycles. The van der Waals surface area contributed by atoms with E-state index in [1.165, 1.54) is 60.1 Å². The first-order valence-corrected chi connectivity index (χ1v) is 13.3. The molecule has 0 bridgehead atoms. The van der Waals surface area contributed by atoms with Crippen molar-refractivity contribution in [1.82, 2.24) is 5.32 Å². The first-order valence-electron chi connectivity index (χ1n) is 12.4. The SMILES string of the molecule is CCCc1ccsc1CCC(O)CCNC1(c2cccc(C(C)(C)C)c2)CCCCC1. The lowest BCUT2D eigenvalue weighted by molar-refractivity contribution is 0.144. The molecule has 1 aliphatic rings. The van der Waals surface area contributed by atoms with Gasteiger partial charge in [-0.3, -0.25) is 0 Å². The van der Waals surface area contributed by atoms with Crippen LogP contribution in [0.3, 0.4) is 0 Å². The summed E-state index contributed by atoms with van der Waals surface area (Å²) in [6.07, 6.45) is 11.1. The molecule has 1 aromatic heterocycles. The van der Waals surface area contributed by atoms with Gasteiger partial charge in [-0.2, -0.15) is 0 Å². The van der Waals surface area contributed by atoms with E-state index >= 15 is 0 Å². The molecule has 1 unspecified atom stereocenters. The molecule has 2 N–H and O–H groups in total. The maximum atomic E-state index is 10.7. The van der Waals surface area contributed by atoms with Crippen LogP contribution in [0.5, 0.6) is 0 Å². The van der Waals surface area contributed by atoms with Crippen LogP contribution in [0.25, 0.3) is 0 Å². The molecule has 31 heavy (non-hydrogen) atoms. The molecule has 0 spiro atoms. The second kappa shape index (κ2) is 11.1. The minimum atomic E-state index is -0.231. The average molecular weight is 442 g/mol. The maximum absolute atomic E-state index is 10.7. The van der Waals surface area contributed by atoms with Gasteiger partial charge in [0, 0.05) is 10.4 Å². The zero-order valence-corrected chi connectivity index (χ0v) is 21.0. The number of hydrogen-bond acceptors (Lipinski definition) is 3. The van der Waals surface area contributed by atoms with Crippen molar-refractivity contribution in [3.05, 3.63) is 57.3 Å². The van der Waals surface area contributed by atoms with Gasteiger partial charge >= 0.3 is 0 Å². The third-order valence-corrected chi connectivity index (χ3v) is 8.01. The van der Waals surface area contributed by atoms with Crippen LogP contribution in [-0.2, 0) is 23.8 Å². The molecular weight excluding hydrogens is 398 g/mol. The summed E-state index contributed by atoms with van der Waals surface area (Å²) in [5.74, 6) is 0. The Kier molecular flexibility index (Phi) is 8.78. The summed E-state index contributed by atoms with van der Waals surface area (Å²) >= 11 is 1.85. The zero-order chi connectivity index (χ0) is 22.3. The highest BCUT2D eigenvalue weighted by Crippen LogP contribution is 2.38. The Morgan fingerprint density at radius 1 is 1.06 bits per heavy atom. The van der Waals surface area contributed by atoms with E-state index in [1.807, 2.05) is 11.3 Å². The van der Waals surface area contributed by atoms with Gasteiger partial charge in [-0.15, -0.1) is 11.3 Å². The van der Waals surface area contributed by atoms with Crippen LogP contribution in [0.2, 0.25) is 0 Å².